The van der Waals surface area contributed by atoms with Crippen molar-refractivity contribution >= 4 is 32.4 Å². The van der Waals surface area contributed by atoms with Crippen molar-refractivity contribution in [1.29, 1.82) is 0 Å². The van der Waals surface area contributed by atoms with E-state index < -0.39 is 10.0 Å². The molecule has 31 heavy (non-hydrogen) atoms. The summed E-state index contributed by atoms with van der Waals surface area (Å²) in [5.41, 5.74) is 2.71. The normalized spacial score (nSPS) is 14.4. The number of amides is 1. The van der Waals surface area contributed by atoms with Gasteiger partial charge in [0.15, 0.2) is 5.13 Å². The number of hydrogen-bond donors (Lipinski definition) is 1. The number of hydrogen-bond acceptors (Lipinski definition) is 6. The van der Waals surface area contributed by atoms with Crippen LogP contribution in [0.4, 0.5) is 5.13 Å². The zero-order valence-corrected chi connectivity index (χ0v) is 19.0. The third-order valence-electron chi connectivity index (χ3n) is 5.17. The van der Waals surface area contributed by atoms with Gasteiger partial charge >= 0.3 is 0 Å². The summed E-state index contributed by atoms with van der Waals surface area (Å²) in [4.78, 5) is 20.9. The Balaban J connectivity index is 1.41. The standard InChI is InChI=1S/C22H24N4O3S2/c1-25(2)31(28,29)18-10-8-17(9-11-18)21(27)24-22-23-19-12-13-26(15-20(19)30-22)14-16-6-4-3-5-7-16/h3-11H,12-15H2,1-2H3,(H,23,24,27). The van der Waals surface area contributed by atoms with E-state index >= 15 is 0 Å². The zero-order valence-electron chi connectivity index (χ0n) is 17.4. The molecule has 1 aliphatic rings. The molecule has 0 spiro atoms. The minimum Gasteiger partial charge on any atom is -0.298 e. The molecule has 0 bridgehead atoms. The maximum Gasteiger partial charge on any atom is 0.257 e. The van der Waals surface area contributed by atoms with E-state index in [0.717, 1.165) is 36.1 Å². The molecular formula is C22H24N4O3S2. The van der Waals surface area contributed by atoms with Crippen LogP contribution < -0.4 is 5.32 Å². The van der Waals surface area contributed by atoms with Crippen LogP contribution in [0.1, 0.15) is 26.5 Å². The zero-order chi connectivity index (χ0) is 22.0. The molecule has 2 aromatic carbocycles. The first-order valence-corrected chi connectivity index (χ1v) is 12.2. The Morgan fingerprint density at radius 3 is 2.52 bits per heavy atom. The molecular weight excluding hydrogens is 432 g/mol. The summed E-state index contributed by atoms with van der Waals surface area (Å²) >= 11 is 1.50. The molecule has 2 heterocycles. The van der Waals surface area contributed by atoms with E-state index in [1.165, 1.54) is 60.1 Å². The number of aromatic nitrogens is 1. The van der Waals surface area contributed by atoms with E-state index in [1.54, 1.807) is 0 Å². The SMILES string of the molecule is CN(C)S(=O)(=O)c1ccc(C(=O)Nc2nc3c(s2)CN(Cc2ccccc2)CC3)cc1. The maximum atomic E-state index is 12.6. The summed E-state index contributed by atoms with van der Waals surface area (Å²) in [5.74, 6) is -0.305. The van der Waals surface area contributed by atoms with Crippen molar-refractivity contribution in [3.8, 4) is 0 Å². The number of carbonyl (C=O) groups is 1. The first-order valence-electron chi connectivity index (χ1n) is 9.92. The quantitative estimate of drug-likeness (QED) is 0.616. The summed E-state index contributed by atoms with van der Waals surface area (Å²) < 4.78 is 25.5. The average molecular weight is 457 g/mol. The Kier molecular flexibility index (Phi) is 6.19. The van der Waals surface area contributed by atoms with Gasteiger partial charge < -0.3 is 0 Å². The molecule has 0 aliphatic carbocycles. The maximum absolute atomic E-state index is 12.6. The number of benzene rings is 2. The van der Waals surface area contributed by atoms with Crippen LogP contribution >= 0.6 is 11.3 Å². The monoisotopic (exact) mass is 456 g/mol. The van der Waals surface area contributed by atoms with Crippen LogP contribution in [0.3, 0.4) is 0 Å². The number of carbonyl (C=O) groups excluding carboxylic acids is 1. The fourth-order valence-corrected chi connectivity index (χ4v) is 5.38. The largest absolute Gasteiger partial charge is 0.298 e. The van der Waals surface area contributed by atoms with E-state index in [0.29, 0.717) is 10.7 Å². The number of nitrogens with one attached hydrogen (secondary N) is 1. The summed E-state index contributed by atoms with van der Waals surface area (Å²) in [6.07, 6.45) is 0.853. The Morgan fingerprint density at radius 2 is 1.84 bits per heavy atom. The van der Waals surface area contributed by atoms with Crippen molar-refractivity contribution in [1.82, 2.24) is 14.2 Å². The van der Waals surface area contributed by atoms with Crippen molar-refractivity contribution in [2.45, 2.75) is 24.4 Å². The molecule has 1 aliphatic heterocycles. The molecule has 0 radical (unpaired) electrons. The smallest absolute Gasteiger partial charge is 0.257 e. The highest BCUT2D eigenvalue weighted by atomic mass is 32.2. The van der Waals surface area contributed by atoms with Crippen LogP contribution in [0, 0.1) is 0 Å². The molecule has 0 fully saturated rings. The highest BCUT2D eigenvalue weighted by Crippen LogP contribution is 2.29. The predicted molar refractivity (Wildman–Crippen MR) is 122 cm³/mol. The van der Waals surface area contributed by atoms with E-state index in [1.807, 2.05) is 18.2 Å². The van der Waals surface area contributed by atoms with Crippen molar-refractivity contribution in [3.05, 3.63) is 76.3 Å². The Bertz CT molecular complexity index is 1170. The van der Waals surface area contributed by atoms with Gasteiger partial charge in [-0.15, -0.1) is 11.3 Å². The average Bonchev–Trinajstić information content (AvgIpc) is 3.16. The molecule has 0 saturated carbocycles. The van der Waals surface area contributed by atoms with E-state index in [2.05, 4.69) is 27.3 Å². The van der Waals surface area contributed by atoms with Gasteiger partial charge in [-0.05, 0) is 29.8 Å². The van der Waals surface area contributed by atoms with Crippen LogP contribution in [0.15, 0.2) is 59.5 Å². The number of sulfonamides is 1. The van der Waals surface area contributed by atoms with Crippen LogP contribution in [0.25, 0.3) is 0 Å². The molecule has 7 nitrogen and oxygen atoms in total. The van der Waals surface area contributed by atoms with Gasteiger partial charge in [-0.2, -0.15) is 0 Å². The lowest BCUT2D eigenvalue weighted by Gasteiger charge is -2.25. The summed E-state index contributed by atoms with van der Waals surface area (Å²) in [7, 11) is -0.575. The molecule has 0 atom stereocenters. The van der Waals surface area contributed by atoms with Gasteiger partial charge in [-0.25, -0.2) is 17.7 Å². The summed E-state index contributed by atoms with van der Waals surface area (Å²) in [5, 5.41) is 3.42. The molecule has 3 aromatic rings. The van der Waals surface area contributed by atoms with E-state index in [-0.39, 0.29) is 10.8 Å². The summed E-state index contributed by atoms with van der Waals surface area (Å²) in [6, 6.07) is 16.3. The van der Waals surface area contributed by atoms with Crippen LogP contribution in [-0.2, 0) is 29.5 Å². The lowest BCUT2D eigenvalue weighted by atomic mass is 10.1. The first-order chi connectivity index (χ1) is 14.8. The minimum absolute atomic E-state index is 0.150. The van der Waals surface area contributed by atoms with Crippen molar-refractivity contribution in [2.75, 3.05) is 26.0 Å². The van der Waals surface area contributed by atoms with Gasteiger partial charge in [0.2, 0.25) is 10.0 Å². The summed E-state index contributed by atoms with van der Waals surface area (Å²) in [6.45, 7) is 2.64. The third kappa shape index (κ3) is 4.85. The Labute approximate surface area is 186 Å². The second-order valence-corrected chi connectivity index (χ2v) is 10.8. The highest BCUT2D eigenvalue weighted by molar-refractivity contribution is 7.89. The molecule has 1 amide bonds. The molecule has 1 N–H and O–H groups in total. The minimum atomic E-state index is -3.52. The van der Waals surface area contributed by atoms with Crippen molar-refractivity contribution in [3.63, 3.8) is 0 Å². The van der Waals surface area contributed by atoms with E-state index in [4.69, 9.17) is 0 Å². The van der Waals surface area contributed by atoms with Gasteiger partial charge in [0.25, 0.3) is 5.91 Å². The fraction of sp³-hybridized carbons (Fsp3) is 0.273. The number of rotatable bonds is 6. The lowest BCUT2D eigenvalue weighted by molar-refractivity contribution is 0.102. The van der Waals surface area contributed by atoms with Gasteiger partial charge in [-0.3, -0.25) is 15.0 Å². The lowest BCUT2D eigenvalue weighted by Crippen LogP contribution is -2.29. The number of nitrogens with zero attached hydrogens (tertiary/aromatic N) is 3. The fourth-order valence-electron chi connectivity index (χ4n) is 3.44. The Hall–Kier alpha value is -2.59. The number of anilines is 1. The molecule has 162 valence electrons. The van der Waals surface area contributed by atoms with Crippen molar-refractivity contribution in [2.24, 2.45) is 0 Å². The van der Waals surface area contributed by atoms with Crippen LogP contribution in [0.2, 0.25) is 0 Å². The predicted octanol–water partition coefficient (Wildman–Crippen LogP) is 3.20. The molecule has 1 aromatic heterocycles. The van der Waals surface area contributed by atoms with Gasteiger partial charge in [0.1, 0.15) is 0 Å². The topological polar surface area (TPSA) is 82.6 Å². The molecule has 0 unspecified atom stereocenters. The third-order valence-corrected chi connectivity index (χ3v) is 8.00. The molecule has 4 rings (SSSR count). The first kappa shape index (κ1) is 21.6. The second-order valence-electron chi connectivity index (χ2n) is 7.60. The Morgan fingerprint density at radius 1 is 1.13 bits per heavy atom. The van der Waals surface area contributed by atoms with E-state index in [9.17, 15) is 13.2 Å². The number of fused-ring (bicyclic) bond motifs is 1. The van der Waals surface area contributed by atoms with Crippen molar-refractivity contribution < 1.29 is 13.2 Å². The molecule has 0 saturated heterocycles. The van der Waals surface area contributed by atoms with Crippen LogP contribution in [-0.4, -0.2) is 49.2 Å². The van der Waals surface area contributed by atoms with Crippen LogP contribution in [0.5, 0.6) is 0 Å². The second kappa shape index (κ2) is 8.88. The van der Waals surface area contributed by atoms with Gasteiger partial charge in [0.05, 0.1) is 10.6 Å². The number of thiazole rings is 1. The highest BCUT2D eigenvalue weighted by Gasteiger charge is 2.22. The van der Waals surface area contributed by atoms with Gasteiger partial charge in [-0.1, -0.05) is 30.3 Å². The van der Waals surface area contributed by atoms with Gasteiger partial charge in [0, 0.05) is 50.6 Å². The molecule has 9 heteroatoms.